The zero-order valence-corrected chi connectivity index (χ0v) is 16.3. The summed E-state index contributed by atoms with van der Waals surface area (Å²) in [7, 11) is 3.68. The molecule has 0 unspecified atom stereocenters. The molecule has 1 aliphatic heterocycles. The number of aromatic nitrogens is 4. The molecule has 0 radical (unpaired) electrons. The number of anilines is 1. The fourth-order valence-electron chi connectivity index (χ4n) is 3.20. The third-order valence-corrected chi connectivity index (χ3v) is 5.66. The second-order valence-electron chi connectivity index (χ2n) is 6.61. The normalized spacial score (nSPS) is 14.5. The lowest BCUT2D eigenvalue weighted by Gasteiger charge is -2.31. The van der Waals surface area contributed by atoms with Gasteiger partial charge in [-0.25, -0.2) is 4.68 Å². The zero-order valence-electron chi connectivity index (χ0n) is 15.5. The second kappa shape index (κ2) is 9.02. The SMILES string of the molecule is CN(Cc1ccccc1N1CCCCC1)C(=O)CCSc1nnnn1C. The number of hydrogen-bond acceptors (Lipinski definition) is 6. The summed E-state index contributed by atoms with van der Waals surface area (Å²) in [6.45, 7) is 2.86. The van der Waals surface area contributed by atoms with E-state index in [4.69, 9.17) is 0 Å². The number of rotatable bonds is 7. The van der Waals surface area contributed by atoms with E-state index < -0.39 is 0 Å². The van der Waals surface area contributed by atoms with Crippen LogP contribution in [0.1, 0.15) is 31.2 Å². The van der Waals surface area contributed by atoms with Gasteiger partial charge in [0.1, 0.15) is 0 Å². The molecule has 1 amide bonds. The van der Waals surface area contributed by atoms with E-state index in [0.717, 1.165) is 18.2 Å². The molecule has 1 aliphatic rings. The van der Waals surface area contributed by atoms with Crippen molar-refractivity contribution < 1.29 is 4.79 Å². The van der Waals surface area contributed by atoms with Crippen LogP contribution in [0.3, 0.4) is 0 Å². The molecular weight excluding hydrogens is 348 g/mol. The van der Waals surface area contributed by atoms with Gasteiger partial charge in [0.05, 0.1) is 0 Å². The molecular formula is C18H26N6OS. The topological polar surface area (TPSA) is 67.2 Å². The minimum Gasteiger partial charge on any atom is -0.371 e. The molecule has 0 aliphatic carbocycles. The first-order valence-corrected chi connectivity index (χ1v) is 10.1. The molecule has 140 valence electrons. The van der Waals surface area contributed by atoms with E-state index in [9.17, 15) is 4.79 Å². The van der Waals surface area contributed by atoms with E-state index in [0.29, 0.717) is 18.7 Å². The lowest BCUT2D eigenvalue weighted by atomic mass is 10.1. The van der Waals surface area contributed by atoms with Crippen molar-refractivity contribution in [2.75, 3.05) is 30.8 Å². The average Bonchev–Trinajstić information content (AvgIpc) is 3.07. The Morgan fingerprint density at radius 2 is 2.00 bits per heavy atom. The van der Waals surface area contributed by atoms with Crippen molar-refractivity contribution in [3.8, 4) is 0 Å². The number of nitrogens with zero attached hydrogens (tertiary/aromatic N) is 6. The van der Waals surface area contributed by atoms with Crippen LogP contribution in [-0.4, -0.2) is 56.9 Å². The molecule has 1 fully saturated rings. The molecule has 8 heteroatoms. The number of thioether (sulfide) groups is 1. The third-order valence-electron chi connectivity index (χ3n) is 4.65. The number of piperidine rings is 1. The second-order valence-corrected chi connectivity index (χ2v) is 7.67. The summed E-state index contributed by atoms with van der Waals surface area (Å²) in [5.41, 5.74) is 2.49. The smallest absolute Gasteiger partial charge is 0.223 e. The van der Waals surface area contributed by atoms with Crippen LogP contribution in [0, 0.1) is 0 Å². The summed E-state index contributed by atoms with van der Waals surface area (Å²) >= 11 is 1.50. The highest BCUT2D eigenvalue weighted by Crippen LogP contribution is 2.25. The first-order chi connectivity index (χ1) is 12.6. The van der Waals surface area contributed by atoms with E-state index in [1.807, 2.05) is 11.9 Å². The molecule has 0 saturated carbocycles. The van der Waals surface area contributed by atoms with Gasteiger partial charge in [-0.1, -0.05) is 30.0 Å². The highest BCUT2D eigenvalue weighted by atomic mass is 32.2. The number of amides is 1. The maximum absolute atomic E-state index is 12.5. The van der Waals surface area contributed by atoms with Gasteiger partial charge in [0.2, 0.25) is 11.1 Å². The van der Waals surface area contributed by atoms with Crippen LogP contribution in [0.4, 0.5) is 5.69 Å². The third kappa shape index (κ3) is 4.75. The highest BCUT2D eigenvalue weighted by molar-refractivity contribution is 7.99. The van der Waals surface area contributed by atoms with E-state index >= 15 is 0 Å². The Labute approximate surface area is 158 Å². The van der Waals surface area contributed by atoms with Crippen molar-refractivity contribution in [1.82, 2.24) is 25.1 Å². The molecule has 0 bridgehead atoms. The van der Waals surface area contributed by atoms with Gasteiger partial charge in [-0.05, 0) is 41.3 Å². The number of carbonyl (C=O) groups excluding carboxylic acids is 1. The van der Waals surface area contributed by atoms with Gasteiger partial charge >= 0.3 is 0 Å². The Bertz CT molecular complexity index is 728. The number of tetrazole rings is 1. The van der Waals surface area contributed by atoms with E-state index in [1.165, 1.54) is 42.3 Å². The molecule has 2 aromatic rings. The van der Waals surface area contributed by atoms with E-state index in [1.54, 1.807) is 11.7 Å². The Morgan fingerprint density at radius 3 is 2.73 bits per heavy atom. The van der Waals surface area contributed by atoms with Gasteiger partial charge in [-0.15, -0.1) is 5.10 Å². The monoisotopic (exact) mass is 374 g/mol. The van der Waals surface area contributed by atoms with Crippen molar-refractivity contribution in [1.29, 1.82) is 0 Å². The van der Waals surface area contributed by atoms with Crippen molar-refractivity contribution in [2.45, 2.75) is 37.4 Å². The van der Waals surface area contributed by atoms with Crippen molar-refractivity contribution in [3.63, 3.8) is 0 Å². The van der Waals surface area contributed by atoms with Gasteiger partial charge in [0.25, 0.3) is 0 Å². The van der Waals surface area contributed by atoms with Crippen LogP contribution < -0.4 is 4.90 Å². The van der Waals surface area contributed by atoms with Gasteiger partial charge in [0.15, 0.2) is 0 Å². The summed E-state index contributed by atoms with van der Waals surface area (Å²) in [6, 6.07) is 8.45. The number of hydrogen-bond donors (Lipinski definition) is 0. The minimum absolute atomic E-state index is 0.140. The van der Waals surface area contributed by atoms with Crippen LogP contribution in [0.15, 0.2) is 29.4 Å². The Kier molecular flexibility index (Phi) is 6.49. The Balaban J connectivity index is 1.54. The molecule has 1 aromatic carbocycles. The fourth-order valence-corrected chi connectivity index (χ4v) is 3.97. The summed E-state index contributed by atoms with van der Waals surface area (Å²) in [6.07, 6.45) is 4.28. The summed E-state index contributed by atoms with van der Waals surface area (Å²) in [5, 5.41) is 12.1. The number of benzene rings is 1. The molecule has 0 spiro atoms. The van der Waals surface area contributed by atoms with E-state index in [-0.39, 0.29) is 5.91 Å². The lowest BCUT2D eigenvalue weighted by Crippen LogP contribution is -2.32. The maximum Gasteiger partial charge on any atom is 0.223 e. The molecule has 1 saturated heterocycles. The quantitative estimate of drug-likeness (QED) is 0.693. The Morgan fingerprint density at radius 1 is 1.23 bits per heavy atom. The van der Waals surface area contributed by atoms with Gasteiger partial charge < -0.3 is 9.80 Å². The fraction of sp³-hybridized carbons (Fsp3) is 0.556. The first kappa shape index (κ1) is 18.7. The number of para-hydroxylation sites is 1. The van der Waals surface area contributed by atoms with Crippen LogP contribution in [0.5, 0.6) is 0 Å². The van der Waals surface area contributed by atoms with Crippen LogP contribution in [0.2, 0.25) is 0 Å². The predicted molar refractivity (Wildman–Crippen MR) is 103 cm³/mol. The average molecular weight is 375 g/mol. The summed E-state index contributed by atoms with van der Waals surface area (Å²) in [4.78, 5) is 16.8. The van der Waals surface area contributed by atoms with Gasteiger partial charge in [-0.2, -0.15) is 0 Å². The van der Waals surface area contributed by atoms with Gasteiger partial charge in [0, 0.05) is 51.6 Å². The van der Waals surface area contributed by atoms with Gasteiger partial charge in [-0.3, -0.25) is 4.79 Å². The van der Waals surface area contributed by atoms with E-state index in [2.05, 4.69) is 44.7 Å². The van der Waals surface area contributed by atoms with Crippen molar-refractivity contribution in [3.05, 3.63) is 29.8 Å². The summed E-state index contributed by atoms with van der Waals surface area (Å²) < 4.78 is 1.62. The van der Waals surface area contributed by atoms with Crippen LogP contribution >= 0.6 is 11.8 Å². The molecule has 0 atom stereocenters. The largest absolute Gasteiger partial charge is 0.371 e. The Hall–Kier alpha value is -2.09. The van der Waals surface area contributed by atoms with Crippen LogP contribution in [0.25, 0.3) is 0 Å². The highest BCUT2D eigenvalue weighted by Gasteiger charge is 2.17. The molecule has 26 heavy (non-hydrogen) atoms. The first-order valence-electron chi connectivity index (χ1n) is 9.07. The molecule has 1 aromatic heterocycles. The number of carbonyl (C=O) groups is 1. The maximum atomic E-state index is 12.5. The molecule has 0 N–H and O–H groups in total. The summed E-state index contributed by atoms with van der Waals surface area (Å²) in [5.74, 6) is 0.812. The van der Waals surface area contributed by atoms with Crippen LogP contribution in [-0.2, 0) is 18.4 Å². The minimum atomic E-state index is 0.140. The predicted octanol–water partition coefficient (Wildman–Crippen LogP) is 2.34. The molecule has 2 heterocycles. The molecule has 7 nitrogen and oxygen atoms in total. The lowest BCUT2D eigenvalue weighted by molar-refractivity contribution is -0.129. The standard InChI is InChI=1S/C18H26N6OS/c1-22(17(25)10-13-26-18-19-20-21-23(18)2)14-15-8-4-5-9-16(15)24-11-6-3-7-12-24/h4-5,8-9H,3,6-7,10-14H2,1-2H3. The number of aryl methyl sites for hydroxylation is 1. The van der Waals surface area contributed by atoms with Crippen molar-refractivity contribution in [2.24, 2.45) is 7.05 Å². The van der Waals surface area contributed by atoms with Crippen molar-refractivity contribution >= 4 is 23.4 Å². The molecule has 3 rings (SSSR count). The zero-order chi connectivity index (χ0) is 18.4.